The molecule has 1 unspecified atom stereocenters. The quantitative estimate of drug-likeness (QED) is 0.589. The van der Waals surface area contributed by atoms with Crippen molar-refractivity contribution in [2.24, 2.45) is 0 Å². The smallest absolute Gasteiger partial charge is 0.306 e. The molecule has 1 aliphatic carbocycles. The molecule has 0 aromatic carbocycles. The van der Waals surface area contributed by atoms with Crippen molar-refractivity contribution in [3.8, 4) is 0 Å². The van der Waals surface area contributed by atoms with Gasteiger partial charge in [0.15, 0.2) is 11.4 Å². The van der Waals surface area contributed by atoms with E-state index in [4.69, 9.17) is 4.74 Å². The summed E-state index contributed by atoms with van der Waals surface area (Å²) in [4.78, 5) is 22.2. The molecule has 0 aromatic rings. The van der Waals surface area contributed by atoms with Crippen molar-refractivity contribution >= 4 is 11.8 Å². The highest BCUT2D eigenvalue weighted by molar-refractivity contribution is 5.91. The summed E-state index contributed by atoms with van der Waals surface area (Å²) < 4.78 is 5.07. The highest BCUT2D eigenvalue weighted by Crippen LogP contribution is 2.29. The first-order valence-corrected chi connectivity index (χ1v) is 4.33. The minimum atomic E-state index is -0.812. The van der Waals surface area contributed by atoms with Crippen LogP contribution in [0.5, 0.6) is 0 Å². The van der Waals surface area contributed by atoms with E-state index >= 15 is 0 Å². The normalized spacial score (nSPS) is 29.0. The van der Waals surface area contributed by atoms with Crippen LogP contribution in [0.15, 0.2) is 0 Å². The first-order valence-electron chi connectivity index (χ1n) is 4.33. The second-order valence-electron chi connectivity index (χ2n) is 3.34. The summed E-state index contributed by atoms with van der Waals surface area (Å²) in [6.07, 6.45) is 2.40. The highest BCUT2D eigenvalue weighted by Gasteiger charge is 2.40. The molecule has 0 aliphatic heterocycles. The van der Waals surface area contributed by atoms with Crippen molar-refractivity contribution in [3.63, 3.8) is 0 Å². The average Bonchev–Trinajstić information content (AvgIpc) is 2.32. The molecule has 0 N–H and O–H groups in total. The van der Waals surface area contributed by atoms with E-state index in [1.54, 1.807) is 13.8 Å². The second kappa shape index (κ2) is 3.25. The molecule has 0 heterocycles. The Morgan fingerprint density at radius 1 is 1.67 bits per heavy atom. The van der Waals surface area contributed by atoms with E-state index in [2.05, 4.69) is 0 Å². The molecule has 68 valence electrons. The summed E-state index contributed by atoms with van der Waals surface area (Å²) in [7, 11) is 0. The van der Waals surface area contributed by atoms with Crippen molar-refractivity contribution in [2.45, 2.75) is 45.1 Å². The van der Waals surface area contributed by atoms with E-state index < -0.39 is 5.60 Å². The Hall–Kier alpha value is -0.860. The van der Waals surface area contributed by atoms with Crippen LogP contribution in [0.4, 0.5) is 0 Å². The molecule has 0 saturated heterocycles. The molecule has 1 atom stereocenters. The molecular formula is C9H14O3. The van der Waals surface area contributed by atoms with E-state index in [1.807, 2.05) is 0 Å². The molecule has 3 heteroatoms. The monoisotopic (exact) mass is 170 g/mol. The largest absolute Gasteiger partial charge is 0.451 e. The van der Waals surface area contributed by atoms with Crippen molar-refractivity contribution in [1.29, 1.82) is 0 Å². The van der Waals surface area contributed by atoms with E-state index in [0.29, 0.717) is 19.3 Å². The number of rotatable bonds is 2. The van der Waals surface area contributed by atoms with Crippen molar-refractivity contribution < 1.29 is 14.3 Å². The molecule has 12 heavy (non-hydrogen) atoms. The van der Waals surface area contributed by atoms with Gasteiger partial charge < -0.3 is 4.74 Å². The molecule has 1 aliphatic rings. The molecule has 3 nitrogen and oxygen atoms in total. The van der Waals surface area contributed by atoms with Gasteiger partial charge in [0.05, 0.1) is 0 Å². The average molecular weight is 170 g/mol. The maximum Gasteiger partial charge on any atom is 0.306 e. The Morgan fingerprint density at radius 3 is 2.75 bits per heavy atom. The number of ketones is 1. The minimum absolute atomic E-state index is 0.0595. The summed E-state index contributed by atoms with van der Waals surface area (Å²) >= 11 is 0. The molecular weight excluding hydrogens is 156 g/mol. The molecule has 0 bridgehead atoms. The second-order valence-corrected chi connectivity index (χ2v) is 3.34. The van der Waals surface area contributed by atoms with Gasteiger partial charge in [-0.2, -0.15) is 0 Å². The Balaban J connectivity index is 2.59. The van der Waals surface area contributed by atoms with Gasteiger partial charge in [0.2, 0.25) is 0 Å². The first-order chi connectivity index (χ1) is 5.58. The van der Waals surface area contributed by atoms with Gasteiger partial charge in [-0.15, -0.1) is 0 Å². The van der Waals surface area contributed by atoms with Gasteiger partial charge in [-0.25, -0.2) is 0 Å². The number of esters is 1. The van der Waals surface area contributed by atoms with Crippen LogP contribution in [-0.4, -0.2) is 17.4 Å². The summed E-state index contributed by atoms with van der Waals surface area (Å²) in [5.41, 5.74) is -0.812. The fourth-order valence-corrected chi connectivity index (χ4v) is 1.42. The van der Waals surface area contributed by atoms with Gasteiger partial charge >= 0.3 is 5.97 Å². The number of hydrogen-bond acceptors (Lipinski definition) is 3. The standard InChI is InChI=1S/C9H14O3/c1-3-8(11)12-9(2)6-4-5-7(9)10/h3-6H2,1-2H3. The first kappa shape index (κ1) is 9.23. The SMILES string of the molecule is CCC(=O)OC1(C)CCCC1=O. The molecule has 1 fully saturated rings. The van der Waals surface area contributed by atoms with Crippen LogP contribution < -0.4 is 0 Å². The predicted octanol–water partition coefficient (Wildman–Crippen LogP) is 1.45. The zero-order valence-corrected chi connectivity index (χ0v) is 7.55. The lowest BCUT2D eigenvalue weighted by atomic mass is 10.0. The van der Waals surface area contributed by atoms with E-state index in [1.165, 1.54) is 0 Å². The van der Waals surface area contributed by atoms with Crippen LogP contribution in [0, 0.1) is 0 Å². The number of hydrogen-bond donors (Lipinski definition) is 0. The van der Waals surface area contributed by atoms with Crippen molar-refractivity contribution in [1.82, 2.24) is 0 Å². The molecule has 0 amide bonds. The summed E-state index contributed by atoms with van der Waals surface area (Å²) in [5.74, 6) is -0.225. The summed E-state index contributed by atoms with van der Waals surface area (Å²) in [6.45, 7) is 3.43. The third-order valence-corrected chi connectivity index (χ3v) is 2.28. The zero-order chi connectivity index (χ0) is 9.19. The number of carbonyl (C=O) groups is 2. The molecule has 1 rings (SSSR count). The Bertz CT molecular complexity index is 210. The lowest BCUT2D eigenvalue weighted by molar-refractivity contribution is -0.163. The van der Waals surface area contributed by atoms with E-state index in [9.17, 15) is 9.59 Å². The Labute approximate surface area is 72.1 Å². The van der Waals surface area contributed by atoms with E-state index in [-0.39, 0.29) is 11.8 Å². The fourth-order valence-electron chi connectivity index (χ4n) is 1.42. The topological polar surface area (TPSA) is 43.4 Å². The predicted molar refractivity (Wildman–Crippen MR) is 43.6 cm³/mol. The maximum absolute atomic E-state index is 11.3. The maximum atomic E-state index is 11.3. The molecule has 1 saturated carbocycles. The number of Topliss-reactive ketones (excluding diaryl/α,β-unsaturated/α-hetero) is 1. The zero-order valence-electron chi connectivity index (χ0n) is 7.55. The lowest BCUT2D eigenvalue weighted by Gasteiger charge is -2.21. The highest BCUT2D eigenvalue weighted by atomic mass is 16.6. The molecule has 0 spiro atoms. The van der Waals surface area contributed by atoms with Gasteiger partial charge in [-0.1, -0.05) is 6.92 Å². The minimum Gasteiger partial charge on any atom is -0.451 e. The third kappa shape index (κ3) is 1.65. The van der Waals surface area contributed by atoms with Gasteiger partial charge in [-0.3, -0.25) is 9.59 Å². The van der Waals surface area contributed by atoms with Crippen LogP contribution in [0.25, 0.3) is 0 Å². The third-order valence-electron chi connectivity index (χ3n) is 2.28. The Morgan fingerprint density at radius 2 is 2.33 bits per heavy atom. The van der Waals surface area contributed by atoms with Crippen molar-refractivity contribution in [2.75, 3.05) is 0 Å². The van der Waals surface area contributed by atoms with Crippen LogP contribution in [-0.2, 0) is 14.3 Å². The lowest BCUT2D eigenvalue weighted by Crippen LogP contribution is -2.35. The van der Waals surface area contributed by atoms with Gasteiger partial charge in [-0.05, 0) is 19.8 Å². The summed E-state index contributed by atoms with van der Waals surface area (Å²) in [6, 6.07) is 0. The number of ether oxygens (including phenoxy) is 1. The van der Waals surface area contributed by atoms with Gasteiger partial charge in [0.25, 0.3) is 0 Å². The summed E-state index contributed by atoms with van der Waals surface area (Å²) in [5, 5.41) is 0. The molecule has 0 radical (unpaired) electrons. The van der Waals surface area contributed by atoms with Crippen LogP contribution >= 0.6 is 0 Å². The Kier molecular flexibility index (Phi) is 2.50. The van der Waals surface area contributed by atoms with E-state index in [0.717, 1.165) is 6.42 Å². The van der Waals surface area contributed by atoms with Crippen molar-refractivity contribution in [3.05, 3.63) is 0 Å². The molecule has 0 aromatic heterocycles. The van der Waals surface area contributed by atoms with Gasteiger partial charge in [0, 0.05) is 12.8 Å². The van der Waals surface area contributed by atoms with Crippen LogP contribution in [0.1, 0.15) is 39.5 Å². The fraction of sp³-hybridized carbons (Fsp3) is 0.778. The van der Waals surface area contributed by atoms with Gasteiger partial charge in [0.1, 0.15) is 0 Å². The van der Waals surface area contributed by atoms with Crippen LogP contribution in [0.3, 0.4) is 0 Å². The van der Waals surface area contributed by atoms with Crippen LogP contribution in [0.2, 0.25) is 0 Å². The number of carbonyl (C=O) groups excluding carboxylic acids is 2.